The van der Waals surface area contributed by atoms with E-state index < -0.39 is 29.9 Å². The second-order valence-electron chi connectivity index (χ2n) is 3.55. The summed E-state index contributed by atoms with van der Waals surface area (Å²) in [7, 11) is 0. The smallest absolute Gasteiger partial charge is 0.358 e. The summed E-state index contributed by atoms with van der Waals surface area (Å²) in [6.07, 6.45) is 0. The Morgan fingerprint density at radius 2 is 1.89 bits per heavy atom. The number of carboxylic acid groups (broad SMARTS) is 1. The first-order valence-electron chi connectivity index (χ1n) is 5.12. The molecule has 1 amide bonds. The van der Waals surface area contributed by atoms with Gasteiger partial charge in [0.25, 0.3) is 5.72 Å². The molecule has 0 heterocycles. The minimum atomic E-state index is -2.43. The van der Waals surface area contributed by atoms with E-state index in [0.717, 1.165) is 4.90 Å². The average Bonchev–Trinajstić information content (AvgIpc) is 2.39. The summed E-state index contributed by atoms with van der Waals surface area (Å²) in [6, 6.07) is 7.95. The summed E-state index contributed by atoms with van der Waals surface area (Å²) >= 11 is 3.80. The van der Waals surface area contributed by atoms with Gasteiger partial charge in [-0.05, 0) is 12.1 Å². The lowest BCUT2D eigenvalue weighted by Crippen LogP contribution is -2.60. The van der Waals surface area contributed by atoms with Gasteiger partial charge in [-0.25, -0.2) is 4.79 Å². The number of carbonyl (C=O) groups is 2. The fraction of sp³-hybridized carbons (Fsp3) is 0.273. The van der Waals surface area contributed by atoms with Crippen LogP contribution in [0.5, 0.6) is 0 Å². The van der Waals surface area contributed by atoms with E-state index in [9.17, 15) is 14.7 Å². The highest BCUT2D eigenvalue weighted by atomic mass is 32.1. The number of nitrogens with two attached hydrogens (primary N) is 1. The Balaban J connectivity index is 3.30. The molecule has 1 atom stereocenters. The molecule has 0 radical (unpaired) electrons. The Morgan fingerprint density at radius 3 is 2.28 bits per heavy atom. The van der Waals surface area contributed by atoms with Crippen molar-refractivity contribution in [3.05, 3.63) is 30.3 Å². The highest BCUT2D eigenvalue weighted by Crippen LogP contribution is 2.24. The molecule has 0 aliphatic heterocycles. The molecule has 7 heteroatoms. The Hall–Kier alpha value is -1.57. The van der Waals surface area contributed by atoms with Crippen molar-refractivity contribution in [2.45, 2.75) is 5.72 Å². The van der Waals surface area contributed by atoms with Gasteiger partial charge in [0.2, 0.25) is 5.91 Å². The SMILES string of the molecule is NCC(=O)N(c1ccccc1)[C@@](O)(CS)C(=O)O. The van der Waals surface area contributed by atoms with Crippen molar-refractivity contribution >= 4 is 30.2 Å². The number of aliphatic carboxylic acids is 1. The predicted octanol–water partition coefficient (Wildman–Crippen LogP) is -0.319. The monoisotopic (exact) mass is 270 g/mol. The van der Waals surface area contributed by atoms with Crippen LogP contribution in [-0.4, -0.2) is 40.1 Å². The van der Waals surface area contributed by atoms with Crippen LogP contribution < -0.4 is 10.6 Å². The minimum absolute atomic E-state index is 0.243. The molecule has 6 nitrogen and oxygen atoms in total. The maximum atomic E-state index is 11.8. The molecule has 4 N–H and O–H groups in total. The van der Waals surface area contributed by atoms with Crippen LogP contribution in [0.1, 0.15) is 0 Å². The van der Waals surface area contributed by atoms with E-state index >= 15 is 0 Å². The number of carboxylic acids is 1. The number of hydrogen-bond acceptors (Lipinski definition) is 5. The quantitative estimate of drug-likeness (QED) is 0.434. The largest absolute Gasteiger partial charge is 0.478 e. The molecule has 0 fully saturated rings. The Labute approximate surface area is 109 Å². The standard InChI is InChI=1S/C11H14N2O4S/c12-6-9(14)13(8-4-2-1-3-5-8)11(17,7-18)10(15)16/h1-5,17-18H,6-7,12H2,(H,15,16)/t11-/m1/s1. The van der Waals surface area contributed by atoms with Gasteiger partial charge in [-0.2, -0.15) is 12.6 Å². The van der Waals surface area contributed by atoms with Crippen LogP contribution in [0.4, 0.5) is 5.69 Å². The zero-order valence-electron chi connectivity index (χ0n) is 9.48. The molecule has 0 aliphatic rings. The molecular formula is C11H14N2O4S. The molecule has 0 saturated carbocycles. The van der Waals surface area contributed by atoms with Crippen molar-refractivity contribution in [3.8, 4) is 0 Å². The highest BCUT2D eigenvalue weighted by Gasteiger charge is 2.44. The summed E-state index contributed by atoms with van der Waals surface area (Å²) in [6.45, 7) is -0.418. The van der Waals surface area contributed by atoms with Crippen molar-refractivity contribution in [3.63, 3.8) is 0 Å². The molecule has 1 rings (SSSR count). The number of thiol groups is 1. The van der Waals surface area contributed by atoms with Crippen LogP contribution in [-0.2, 0) is 9.59 Å². The van der Waals surface area contributed by atoms with Crippen LogP contribution >= 0.6 is 12.6 Å². The zero-order chi connectivity index (χ0) is 13.8. The van der Waals surface area contributed by atoms with Crippen molar-refractivity contribution in [1.82, 2.24) is 0 Å². The van der Waals surface area contributed by atoms with E-state index in [2.05, 4.69) is 12.6 Å². The van der Waals surface area contributed by atoms with Crippen LogP contribution in [0.3, 0.4) is 0 Å². The molecule has 0 aliphatic carbocycles. The third-order valence-corrected chi connectivity index (χ3v) is 2.81. The molecule has 0 saturated heterocycles. The first-order valence-corrected chi connectivity index (χ1v) is 5.75. The van der Waals surface area contributed by atoms with Crippen molar-refractivity contribution in [2.75, 3.05) is 17.2 Å². The summed E-state index contributed by atoms with van der Waals surface area (Å²) in [5, 5.41) is 19.2. The lowest BCUT2D eigenvalue weighted by molar-refractivity contribution is -0.158. The highest BCUT2D eigenvalue weighted by molar-refractivity contribution is 7.80. The van der Waals surface area contributed by atoms with Crippen LogP contribution in [0.25, 0.3) is 0 Å². The number of aliphatic hydroxyl groups is 1. The molecule has 0 unspecified atom stereocenters. The van der Waals surface area contributed by atoms with Crippen molar-refractivity contribution < 1.29 is 19.8 Å². The number of benzene rings is 1. The molecule has 1 aromatic carbocycles. The fourth-order valence-electron chi connectivity index (χ4n) is 1.47. The van der Waals surface area contributed by atoms with Crippen LogP contribution in [0, 0.1) is 0 Å². The van der Waals surface area contributed by atoms with Gasteiger partial charge in [-0.1, -0.05) is 18.2 Å². The van der Waals surface area contributed by atoms with Gasteiger partial charge in [0.05, 0.1) is 12.3 Å². The number of nitrogens with zero attached hydrogens (tertiary/aromatic N) is 1. The summed E-state index contributed by atoms with van der Waals surface area (Å²) < 4.78 is 0. The number of amides is 1. The van der Waals surface area contributed by atoms with Crippen molar-refractivity contribution in [2.24, 2.45) is 5.73 Å². The van der Waals surface area contributed by atoms with E-state index in [-0.39, 0.29) is 5.69 Å². The molecule has 0 spiro atoms. The van der Waals surface area contributed by atoms with Gasteiger partial charge < -0.3 is 15.9 Å². The van der Waals surface area contributed by atoms with E-state index in [4.69, 9.17) is 10.8 Å². The minimum Gasteiger partial charge on any atom is -0.478 e. The second-order valence-corrected chi connectivity index (χ2v) is 3.86. The number of para-hydroxylation sites is 1. The van der Waals surface area contributed by atoms with Gasteiger partial charge in [0, 0.05) is 5.69 Å². The molecule has 98 valence electrons. The second kappa shape index (κ2) is 5.85. The van der Waals surface area contributed by atoms with E-state index in [1.807, 2.05) is 0 Å². The van der Waals surface area contributed by atoms with Gasteiger partial charge in [-0.15, -0.1) is 0 Å². The normalized spacial score (nSPS) is 13.7. The first kappa shape index (κ1) is 14.5. The van der Waals surface area contributed by atoms with E-state index in [0.29, 0.717) is 0 Å². The number of rotatable bonds is 5. The van der Waals surface area contributed by atoms with E-state index in [1.54, 1.807) is 18.2 Å². The van der Waals surface area contributed by atoms with Gasteiger partial charge in [-0.3, -0.25) is 9.69 Å². The molecule has 1 aromatic rings. The Morgan fingerprint density at radius 1 is 1.33 bits per heavy atom. The van der Waals surface area contributed by atoms with Gasteiger partial charge in [0.1, 0.15) is 0 Å². The molecule has 0 bridgehead atoms. The molecular weight excluding hydrogens is 256 g/mol. The Bertz CT molecular complexity index is 440. The maximum Gasteiger partial charge on any atom is 0.358 e. The average molecular weight is 270 g/mol. The Kier molecular flexibility index (Phi) is 4.71. The van der Waals surface area contributed by atoms with Gasteiger partial charge in [0.15, 0.2) is 0 Å². The van der Waals surface area contributed by atoms with Crippen LogP contribution in [0.2, 0.25) is 0 Å². The number of anilines is 1. The summed E-state index contributed by atoms with van der Waals surface area (Å²) in [5.41, 5.74) is 3.05. The third kappa shape index (κ3) is 2.63. The maximum absolute atomic E-state index is 11.8. The fourth-order valence-corrected chi connectivity index (χ4v) is 1.74. The lowest BCUT2D eigenvalue weighted by atomic mass is 10.1. The molecule has 18 heavy (non-hydrogen) atoms. The predicted molar refractivity (Wildman–Crippen MR) is 69.4 cm³/mol. The lowest BCUT2D eigenvalue weighted by Gasteiger charge is -2.35. The molecule has 0 aromatic heterocycles. The zero-order valence-corrected chi connectivity index (χ0v) is 10.4. The number of hydrogen-bond donors (Lipinski definition) is 4. The van der Waals surface area contributed by atoms with Crippen LogP contribution in [0.15, 0.2) is 30.3 Å². The number of carbonyl (C=O) groups excluding carboxylic acids is 1. The van der Waals surface area contributed by atoms with E-state index in [1.165, 1.54) is 12.1 Å². The summed E-state index contributed by atoms with van der Waals surface area (Å²) in [4.78, 5) is 23.7. The topological polar surface area (TPSA) is 104 Å². The van der Waals surface area contributed by atoms with Gasteiger partial charge >= 0.3 is 5.97 Å². The first-order chi connectivity index (χ1) is 8.47. The summed E-state index contributed by atoms with van der Waals surface area (Å²) in [5.74, 6) is -2.73. The van der Waals surface area contributed by atoms with Crippen molar-refractivity contribution in [1.29, 1.82) is 0 Å². The third-order valence-electron chi connectivity index (χ3n) is 2.37.